The molecule has 0 aliphatic carbocycles. The Labute approximate surface area is 130 Å². The van der Waals surface area contributed by atoms with Crippen LogP contribution in [0, 0.1) is 10.1 Å². The summed E-state index contributed by atoms with van der Waals surface area (Å²) in [6.45, 7) is 0.191. The van der Waals surface area contributed by atoms with Crippen molar-refractivity contribution in [1.82, 2.24) is 9.97 Å². The number of rotatable bonds is 5. The Kier molecular flexibility index (Phi) is 4.77. The molecule has 7 nitrogen and oxygen atoms in total. The number of hydrogen-bond donors (Lipinski definition) is 1. The predicted octanol–water partition coefficient (Wildman–Crippen LogP) is 3.31. The van der Waals surface area contributed by atoms with Gasteiger partial charge in [0.2, 0.25) is 11.1 Å². The van der Waals surface area contributed by atoms with Crippen molar-refractivity contribution in [3.05, 3.63) is 50.4 Å². The first kappa shape index (κ1) is 15.3. The van der Waals surface area contributed by atoms with E-state index in [-0.39, 0.29) is 23.3 Å². The number of hydrogen-bond acceptors (Lipinski definition) is 6. The van der Waals surface area contributed by atoms with Crippen LogP contribution in [0.15, 0.2) is 24.4 Å². The van der Waals surface area contributed by atoms with Crippen LogP contribution < -0.4 is 10.1 Å². The molecular weight excluding hydrogens is 319 g/mol. The summed E-state index contributed by atoms with van der Waals surface area (Å²) in [6.07, 6.45) is 1.04. The molecule has 1 aromatic carbocycles. The molecule has 110 valence electrons. The topological polar surface area (TPSA) is 90.2 Å². The Morgan fingerprint density at radius 2 is 2.19 bits per heavy atom. The molecule has 0 aliphatic rings. The predicted molar refractivity (Wildman–Crippen MR) is 79.0 cm³/mol. The molecule has 0 amide bonds. The van der Waals surface area contributed by atoms with Crippen molar-refractivity contribution in [1.29, 1.82) is 0 Å². The maximum atomic E-state index is 10.9. The van der Waals surface area contributed by atoms with Crippen molar-refractivity contribution in [3.63, 3.8) is 0 Å². The van der Waals surface area contributed by atoms with E-state index < -0.39 is 4.92 Å². The second-order valence-electron chi connectivity index (χ2n) is 3.90. The molecule has 0 unspecified atom stereocenters. The number of nitrogens with zero attached hydrogens (tertiary/aromatic N) is 3. The van der Waals surface area contributed by atoms with Gasteiger partial charge in [-0.25, -0.2) is 4.98 Å². The van der Waals surface area contributed by atoms with E-state index in [9.17, 15) is 10.1 Å². The smallest absolute Gasteiger partial charge is 0.329 e. The fraction of sp³-hybridized carbons (Fsp3) is 0.167. The molecule has 0 fully saturated rings. The van der Waals surface area contributed by atoms with E-state index in [1.54, 1.807) is 18.2 Å². The fourth-order valence-electron chi connectivity index (χ4n) is 1.69. The minimum atomic E-state index is -0.595. The van der Waals surface area contributed by atoms with Crippen molar-refractivity contribution >= 4 is 34.7 Å². The molecule has 1 heterocycles. The van der Waals surface area contributed by atoms with Gasteiger partial charge in [0.1, 0.15) is 11.9 Å². The van der Waals surface area contributed by atoms with Crippen LogP contribution in [-0.2, 0) is 6.54 Å². The van der Waals surface area contributed by atoms with Crippen LogP contribution in [0.2, 0.25) is 10.3 Å². The zero-order valence-electron chi connectivity index (χ0n) is 10.8. The van der Waals surface area contributed by atoms with Gasteiger partial charge in [-0.15, -0.1) is 0 Å². The van der Waals surface area contributed by atoms with Gasteiger partial charge >= 0.3 is 5.69 Å². The van der Waals surface area contributed by atoms with Gasteiger partial charge in [0.05, 0.1) is 12.0 Å². The number of benzene rings is 1. The van der Waals surface area contributed by atoms with Gasteiger partial charge in [-0.2, -0.15) is 4.98 Å². The maximum Gasteiger partial charge on any atom is 0.329 e. The number of aromatic nitrogens is 2. The second-order valence-corrected chi connectivity index (χ2v) is 4.65. The summed E-state index contributed by atoms with van der Waals surface area (Å²) in [4.78, 5) is 17.7. The van der Waals surface area contributed by atoms with Crippen LogP contribution >= 0.6 is 23.2 Å². The molecule has 0 saturated heterocycles. The average molecular weight is 329 g/mol. The molecule has 21 heavy (non-hydrogen) atoms. The lowest BCUT2D eigenvalue weighted by Gasteiger charge is -2.11. The molecule has 2 aromatic rings. The Morgan fingerprint density at radius 1 is 1.43 bits per heavy atom. The third-order valence-corrected chi connectivity index (χ3v) is 3.20. The van der Waals surface area contributed by atoms with E-state index in [0.29, 0.717) is 16.3 Å². The quantitative estimate of drug-likeness (QED) is 0.514. The lowest BCUT2D eigenvalue weighted by Crippen LogP contribution is -2.07. The summed E-state index contributed by atoms with van der Waals surface area (Å²) < 4.78 is 5.20. The van der Waals surface area contributed by atoms with E-state index in [1.165, 1.54) is 7.11 Å². The largest absolute Gasteiger partial charge is 0.496 e. The number of nitrogens with one attached hydrogen (secondary N) is 1. The number of nitro groups is 1. The number of halogens is 2. The van der Waals surface area contributed by atoms with Crippen LogP contribution in [0.4, 0.5) is 11.5 Å². The van der Waals surface area contributed by atoms with Crippen molar-refractivity contribution in [2.75, 3.05) is 12.4 Å². The summed E-state index contributed by atoms with van der Waals surface area (Å²) in [7, 11) is 1.51. The highest BCUT2D eigenvalue weighted by molar-refractivity contribution is 6.31. The second kappa shape index (κ2) is 6.55. The first-order valence-corrected chi connectivity index (χ1v) is 6.50. The van der Waals surface area contributed by atoms with E-state index in [4.69, 9.17) is 27.9 Å². The highest BCUT2D eigenvalue weighted by Crippen LogP contribution is 2.28. The molecule has 2 rings (SSSR count). The van der Waals surface area contributed by atoms with Crippen molar-refractivity contribution in [2.24, 2.45) is 0 Å². The molecule has 0 atom stereocenters. The van der Waals surface area contributed by atoms with Gasteiger partial charge in [-0.05, 0) is 23.7 Å². The number of anilines is 1. The summed E-state index contributed by atoms with van der Waals surface area (Å²) in [6, 6.07) is 5.18. The first-order valence-electron chi connectivity index (χ1n) is 5.75. The van der Waals surface area contributed by atoms with Crippen LogP contribution in [-0.4, -0.2) is 22.0 Å². The van der Waals surface area contributed by atoms with Crippen LogP contribution in [0.25, 0.3) is 0 Å². The summed E-state index contributed by atoms with van der Waals surface area (Å²) in [5.41, 5.74) is 0.385. The van der Waals surface area contributed by atoms with E-state index >= 15 is 0 Å². The van der Waals surface area contributed by atoms with Crippen molar-refractivity contribution in [3.8, 4) is 5.75 Å². The lowest BCUT2D eigenvalue weighted by molar-refractivity contribution is -0.384. The van der Waals surface area contributed by atoms with Crippen molar-refractivity contribution in [2.45, 2.75) is 6.54 Å². The van der Waals surface area contributed by atoms with Crippen LogP contribution in [0.1, 0.15) is 5.56 Å². The highest BCUT2D eigenvalue weighted by Gasteiger charge is 2.17. The molecular formula is C12H10Cl2N4O3. The molecule has 0 radical (unpaired) electrons. The lowest BCUT2D eigenvalue weighted by atomic mass is 10.2. The summed E-state index contributed by atoms with van der Waals surface area (Å²) in [5.74, 6) is 0.583. The van der Waals surface area contributed by atoms with Gasteiger partial charge in [0, 0.05) is 17.1 Å². The van der Waals surface area contributed by atoms with Crippen LogP contribution in [0.5, 0.6) is 5.75 Å². The minimum absolute atomic E-state index is 0.0157. The molecule has 0 saturated carbocycles. The Bertz CT molecular complexity index is 682. The highest BCUT2D eigenvalue weighted by atomic mass is 35.5. The molecule has 0 aliphatic heterocycles. The standard InChI is InChI=1S/C12H10Cl2N4O3/c1-21-10-4-2-3-8(13)7(10)5-15-11-9(18(19)20)6-16-12(14)17-11/h2-4,6H,5H2,1H3,(H,15,16,17). The SMILES string of the molecule is COc1cccc(Cl)c1CNc1nc(Cl)ncc1[N+](=O)[O-]. The zero-order valence-corrected chi connectivity index (χ0v) is 12.4. The third-order valence-electron chi connectivity index (χ3n) is 2.67. The number of ether oxygens (including phenoxy) is 1. The van der Waals surface area contributed by atoms with Crippen molar-refractivity contribution < 1.29 is 9.66 Å². The summed E-state index contributed by atoms with van der Waals surface area (Å²) >= 11 is 11.8. The van der Waals surface area contributed by atoms with Gasteiger partial charge in [-0.3, -0.25) is 10.1 Å². The molecule has 1 aromatic heterocycles. The Balaban J connectivity index is 2.28. The molecule has 0 spiro atoms. The zero-order chi connectivity index (χ0) is 15.4. The fourth-order valence-corrected chi connectivity index (χ4v) is 2.06. The molecule has 9 heteroatoms. The maximum absolute atomic E-state index is 10.9. The Hall–Kier alpha value is -2.12. The monoisotopic (exact) mass is 328 g/mol. The average Bonchev–Trinajstić information content (AvgIpc) is 2.45. The Morgan fingerprint density at radius 3 is 2.86 bits per heavy atom. The molecule has 0 bridgehead atoms. The normalized spacial score (nSPS) is 10.2. The number of methoxy groups -OCH3 is 1. The third kappa shape index (κ3) is 3.50. The van der Waals surface area contributed by atoms with E-state index in [1.807, 2.05) is 0 Å². The van der Waals surface area contributed by atoms with E-state index in [2.05, 4.69) is 15.3 Å². The first-order chi connectivity index (χ1) is 10.0. The van der Waals surface area contributed by atoms with Gasteiger partial charge in [0.15, 0.2) is 0 Å². The minimum Gasteiger partial charge on any atom is -0.496 e. The summed E-state index contributed by atoms with van der Waals surface area (Å²) in [5, 5.41) is 14.1. The van der Waals surface area contributed by atoms with E-state index in [0.717, 1.165) is 6.20 Å². The van der Waals surface area contributed by atoms with Crippen LogP contribution in [0.3, 0.4) is 0 Å². The van der Waals surface area contributed by atoms with Gasteiger partial charge in [-0.1, -0.05) is 17.7 Å². The van der Waals surface area contributed by atoms with Gasteiger partial charge < -0.3 is 10.1 Å². The van der Waals surface area contributed by atoms with Gasteiger partial charge in [0.25, 0.3) is 0 Å². The molecule has 1 N–H and O–H groups in total.